The summed E-state index contributed by atoms with van der Waals surface area (Å²) in [6.07, 6.45) is 1.29. The van der Waals surface area contributed by atoms with Crippen LogP contribution in [0.1, 0.15) is 31.3 Å². The van der Waals surface area contributed by atoms with Gasteiger partial charge in [-0.15, -0.1) is 4.83 Å². The Morgan fingerprint density at radius 3 is 2.54 bits per heavy atom. The SMILES string of the molecule is Cn1cc(S(=O)(=O)NNC(C)(C)C)cc1C(=O)Nc1cccc(Cl)c1F. The van der Waals surface area contributed by atoms with Crippen LogP contribution in [0.4, 0.5) is 10.1 Å². The number of nitrogens with zero attached hydrogens (tertiary/aromatic N) is 1. The molecule has 10 heteroatoms. The number of aryl methyl sites for hydroxylation is 1. The average molecular weight is 403 g/mol. The first-order valence-electron chi connectivity index (χ1n) is 7.61. The molecule has 0 atom stereocenters. The summed E-state index contributed by atoms with van der Waals surface area (Å²) in [5.41, 5.74) is 2.13. The summed E-state index contributed by atoms with van der Waals surface area (Å²) < 4.78 is 39.9. The van der Waals surface area contributed by atoms with Crippen molar-refractivity contribution in [3.8, 4) is 0 Å². The number of halogens is 2. The summed E-state index contributed by atoms with van der Waals surface area (Å²) in [6.45, 7) is 5.37. The van der Waals surface area contributed by atoms with Gasteiger partial charge in [-0.05, 0) is 39.0 Å². The topological polar surface area (TPSA) is 92.2 Å². The molecule has 0 aliphatic rings. The van der Waals surface area contributed by atoms with E-state index in [1.165, 1.54) is 42.1 Å². The number of aromatic nitrogens is 1. The molecule has 1 aromatic heterocycles. The maximum atomic E-state index is 13.9. The van der Waals surface area contributed by atoms with Crippen LogP contribution >= 0.6 is 11.6 Å². The standard InChI is InChI=1S/C16H20ClFN4O3S/c1-16(2,3)20-21-26(24,25)10-8-13(22(4)9-10)15(23)19-12-7-5-6-11(17)14(12)18/h5-9,20-21H,1-4H3,(H,19,23). The normalized spacial score (nSPS) is 12.2. The van der Waals surface area contributed by atoms with Gasteiger partial charge in [-0.3, -0.25) is 4.79 Å². The van der Waals surface area contributed by atoms with Crippen LogP contribution < -0.4 is 15.6 Å². The first kappa shape index (κ1) is 20.4. The van der Waals surface area contributed by atoms with Gasteiger partial charge in [-0.1, -0.05) is 17.7 Å². The number of rotatable bonds is 5. The molecule has 0 fully saturated rings. The fourth-order valence-electron chi connectivity index (χ4n) is 1.97. The number of carbonyl (C=O) groups excluding carboxylic acids is 1. The Kier molecular flexibility index (Phi) is 5.76. The smallest absolute Gasteiger partial charge is 0.272 e. The lowest BCUT2D eigenvalue weighted by molar-refractivity contribution is 0.101. The minimum Gasteiger partial charge on any atom is -0.345 e. The Hall–Kier alpha value is -1.94. The number of nitrogens with one attached hydrogen (secondary N) is 3. The van der Waals surface area contributed by atoms with Crippen molar-refractivity contribution in [2.75, 3.05) is 5.32 Å². The van der Waals surface area contributed by atoms with E-state index in [1.54, 1.807) is 20.8 Å². The van der Waals surface area contributed by atoms with Crippen LogP contribution in [0.3, 0.4) is 0 Å². The van der Waals surface area contributed by atoms with E-state index in [0.29, 0.717) is 0 Å². The minimum absolute atomic E-state index is 0.0421. The van der Waals surface area contributed by atoms with Crippen LogP contribution in [-0.2, 0) is 17.1 Å². The first-order valence-corrected chi connectivity index (χ1v) is 9.47. The molecule has 2 aromatic rings. The molecule has 0 aliphatic heterocycles. The number of benzene rings is 1. The summed E-state index contributed by atoms with van der Waals surface area (Å²) in [4.78, 5) is 14.5. The fraction of sp³-hybridized carbons (Fsp3) is 0.312. The molecular weight excluding hydrogens is 383 g/mol. The number of hydrazine groups is 1. The molecule has 0 unspecified atom stereocenters. The molecule has 2 rings (SSSR count). The van der Waals surface area contributed by atoms with Gasteiger partial charge in [0, 0.05) is 18.8 Å². The lowest BCUT2D eigenvalue weighted by atomic mass is 10.1. The molecular formula is C16H20ClFN4O3S. The van der Waals surface area contributed by atoms with Gasteiger partial charge in [-0.25, -0.2) is 18.2 Å². The van der Waals surface area contributed by atoms with E-state index in [-0.39, 0.29) is 21.3 Å². The second kappa shape index (κ2) is 7.36. The van der Waals surface area contributed by atoms with Gasteiger partial charge < -0.3 is 9.88 Å². The van der Waals surface area contributed by atoms with Crippen molar-refractivity contribution in [1.82, 2.24) is 14.8 Å². The van der Waals surface area contributed by atoms with E-state index >= 15 is 0 Å². The van der Waals surface area contributed by atoms with Crippen molar-refractivity contribution >= 4 is 33.2 Å². The van der Waals surface area contributed by atoms with Gasteiger partial charge in [0.25, 0.3) is 15.9 Å². The van der Waals surface area contributed by atoms with Crippen LogP contribution in [-0.4, -0.2) is 24.4 Å². The molecule has 0 saturated carbocycles. The molecule has 26 heavy (non-hydrogen) atoms. The molecule has 0 bridgehead atoms. The summed E-state index contributed by atoms with van der Waals surface area (Å²) in [5.74, 6) is -1.43. The largest absolute Gasteiger partial charge is 0.345 e. The van der Waals surface area contributed by atoms with Gasteiger partial charge in [0.15, 0.2) is 5.82 Å². The van der Waals surface area contributed by atoms with Crippen LogP contribution in [0.2, 0.25) is 5.02 Å². The van der Waals surface area contributed by atoms with Crippen molar-refractivity contribution in [3.63, 3.8) is 0 Å². The van der Waals surface area contributed by atoms with E-state index in [9.17, 15) is 17.6 Å². The number of sulfonamides is 1. The Balaban J connectivity index is 2.24. The zero-order valence-electron chi connectivity index (χ0n) is 14.7. The van der Waals surface area contributed by atoms with Gasteiger partial charge >= 0.3 is 0 Å². The quantitative estimate of drug-likeness (QED) is 0.670. The number of hydrogen-bond donors (Lipinski definition) is 3. The highest BCUT2D eigenvalue weighted by molar-refractivity contribution is 7.89. The first-order chi connectivity index (χ1) is 11.9. The molecule has 1 aromatic carbocycles. The second-order valence-electron chi connectivity index (χ2n) is 6.71. The Morgan fingerprint density at radius 2 is 1.92 bits per heavy atom. The van der Waals surface area contributed by atoms with Crippen molar-refractivity contribution in [1.29, 1.82) is 0 Å². The number of amides is 1. The van der Waals surface area contributed by atoms with Gasteiger partial charge in [-0.2, -0.15) is 0 Å². The zero-order valence-corrected chi connectivity index (χ0v) is 16.3. The lowest BCUT2D eigenvalue weighted by Gasteiger charge is -2.20. The molecule has 3 N–H and O–H groups in total. The van der Waals surface area contributed by atoms with Crippen LogP contribution in [0.25, 0.3) is 0 Å². The monoisotopic (exact) mass is 402 g/mol. The zero-order chi connectivity index (χ0) is 19.7. The molecule has 1 heterocycles. The minimum atomic E-state index is -3.87. The predicted molar refractivity (Wildman–Crippen MR) is 98.0 cm³/mol. The maximum absolute atomic E-state index is 13.9. The number of anilines is 1. The highest BCUT2D eigenvalue weighted by Crippen LogP contribution is 2.23. The number of carbonyl (C=O) groups is 1. The van der Waals surface area contributed by atoms with Gasteiger partial charge in [0.2, 0.25) is 0 Å². The molecule has 142 valence electrons. The van der Waals surface area contributed by atoms with Crippen molar-refractivity contribution < 1.29 is 17.6 Å². The van der Waals surface area contributed by atoms with Gasteiger partial charge in [0.1, 0.15) is 10.6 Å². The van der Waals surface area contributed by atoms with E-state index in [0.717, 1.165) is 0 Å². The average Bonchev–Trinajstić information content (AvgIpc) is 2.92. The lowest BCUT2D eigenvalue weighted by Crippen LogP contribution is -2.48. The molecule has 0 radical (unpaired) electrons. The second-order valence-corrected chi connectivity index (χ2v) is 8.80. The van der Waals surface area contributed by atoms with Crippen LogP contribution in [0.15, 0.2) is 35.4 Å². The summed E-state index contributed by atoms with van der Waals surface area (Å²) >= 11 is 5.68. The van der Waals surface area contributed by atoms with Crippen molar-refractivity contribution in [2.24, 2.45) is 7.05 Å². The van der Waals surface area contributed by atoms with E-state index in [4.69, 9.17) is 11.6 Å². The highest BCUT2D eigenvalue weighted by Gasteiger charge is 2.23. The van der Waals surface area contributed by atoms with Gasteiger partial charge in [0.05, 0.1) is 10.7 Å². The van der Waals surface area contributed by atoms with Crippen LogP contribution in [0, 0.1) is 5.82 Å². The molecule has 1 amide bonds. The summed E-state index contributed by atoms with van der Waals surface area (Å²) in [5, 5.41) is 2.25. The predicted octanol–water partition coefficient (Wildman–Crippen LogP) is 2.65. The van der Waals surface area contributed by atoms with E-state index in [1.807, 2.05) is 0 Å². The maximum Gasteiger partial charge on any atom is 0.272 e. The van der Waals surface area contributed by atoms with E-state index in [2.05, 4.69) is 15.6 Å². The molecule has 0 spiro atoms. The Morgan fingerprint density at radius 1 is 1.27 bits per heavy atom. The fourth-order valence-corrected chi connectivity index (χ4v) is 3.27. The number of hydrogen-bond acceptors (Lipinski definition) is 4. The molecule has 7 nitrogen and oxygen atoms in total. The highest BCUT2D eigenvalue weighted by atomic mass is 35.5. The Labute approximate surface area is 156 Å². The third-order valence-electron chi connectivity index (χ3n) is 3.28. The molecule has 0 aliphatic carbocycles. The third kappa shape index (κ3) is 4.82. The Bertz CT molecular complexity index is 935. The van der Waals surface area contributed by atoms with Crippen molar-refractivity contribution in [2.45, 2.75) is 31.2 Å². The summed E-state index contributed by atoms with van der Waals surface area (Å²) in [6, 6.07) is 5.40. The van der Waals surface area contributed by atoms with Crippen molar-refractivity contribution in [3.05, 3.63) is 47.0 Å². The third-order valence-corrected chi connectivity index (χ3v) is 4.79. The van der Waals surface area contributed by atoms with E-state index < -0.39 is 27.3 Å². The summed E-state index contributed by atoms with van der Waals surface area (Å²) in [7, 11) is -2.36. The van der Waals surface area contributed by atoms with Crippen LogP contribution in [0.5, 0.6) is 0 Å². The molecule has 0 saturated heterocycles.